The second kappa shape index (κ2) is 5.35. The molecule has 0 bridgehead atoms. The zero-order valence-corrected chi connectivity index (χ0v) is 14.5. The molecule has 1 heterocycles. The van der Waals surface area contributed by atoms with E-state index in [1.807, 2.05) is 19.1 Å². The SMILES string of the molecule is CC(=O)c1c(C)nn(S(=O)(=O)c2c(C)cc(C)cc2C)c1C. The second-order valence-electron chi connectivity index (χ2n) is 5.68. The van der Waals surface area contributed by atoms with Gasteiger partial charge in [0.05, 0.1) is 21.8 Å². The van der Waals surface area contributed by atoms with Crippen LogP contribution in [-0.2, 0) is 10.0 Å². The number of aromatic nitrogens is 2. The van der Waals surface area contributed by atoms with Gasteiger partial charge in [-0.2, -0.15) is 17.6 Å². The maximum atomic E-state index is 13.0. The van der Waals surface area contributed by atoms with E-state index >= 15 is 0 Å². The molecule has 1 aromatic carbocycles. The largest absolute Gasteiger partial charge is 0.294 e. The number of hydrogen-bond acceptors (Lipinski definition) is 4. The van der Waals surface area contributed by atoms with Crippen molar-refractivity contribution in [2.24, 2.45) is 0 Å². The van der Waals surface area contributed by atoms with Crippen LogP contribution in [0.15, 0.2) is 17.0 Å². The van der Waals surface area contributed by atoms with Crippen LogP contribution >= 0.6 is 0 Å². The monoisotopic (exact) mass is 320 g/mol. The number of Topliss-reactive ketones (excluding diaryl/α,β-unsaturated/α-hetero) is 1. The molecule has 2 rings (SSSR count). The van der Waals surface area contributed by atoms with Gasteiger partial charge in [0.2, 0.25) is 0 Å². The molecule has 0 aliphatic heterocycles. The van der Waals surface area contributed by atoms with Crippen LogP contribution in [0.5, 0.6) is 0 Å². The maximum Gasteiger partial charge on any atom is 0.283 e. The van der Waals surface area contributed by atoms with Gasteiger partial charge in [0.25, 0.3) is 10.0 Å². The molecule has 0 aliphatic carbocycles. The van der Waals surface area contributed by atoms with Crippen molar-refractivity contribution in [2.75, 3.05) is 0 Å². The Hall–Kier alpha value is -1.95. The second-order valence-corrected chi connectivity index (χ2v) is 7.38. The van der Waals surface area contributed by atoms with Crippen LogP contribution in [0.2, 0.25) is 0 Å². The van der Waals surface area contributed by atoms with Crippen LogP contribution in [0.1, 0.15) is 45.4 Å². The van der Waals surface area contributed by atoms with Gasteiger partial charge in [-0.05, 0) is 52.7 Å². The Morgan fingerprint density at radius 2 is 1.55 bits per heavy atom. The fourth-order valence-electron chi connectivity index (χ4n) is 3.02. The van der Waals surface area contributed by atoms with Crippen LogP contribution in [0, 0.1) is 34.6 Å². The summed E-state index contributed by atoms with van der Waals surface area (Å²) in [6.07, 6.45) is 0. The minimum absolute atomic E-state index is 0.186. The molecule has 0 fully saturated rings. The topological polar surface area (TPSA) is 69.0 Å². The van der Waals surface area contributed by atoms with Crippen molar-refractivity contribution in [3.8, 4) is 0 Å². The highest BCUT2D eigenvalue weighted by atomic mass is 32.2. The van der Waals surface area contributed by atoms with Crippen LogP contribution in [0.3, 0.4) is 0 Å². The van der Waals surface area contributed by atoms with Crippen LogP contribution in [0.25, 0.3) is 0 Å². The lowest BCUT2D eigenvalue weighted by Gasteiger charge is -2.13. The van der Waals surface area contributed by atoms with Crippen molar-refractivity contribution in [1.82, 2.24) is 9.19 Å². The molecule has 22 heavy (non-hydrogen) atoms. The molecule has 0 atom stereocenters. The lowest BCUT2D eigenvalue weighted by atomic mass is 10.1. The van der Waals surface area contributed by atoms with Crippen molar-refractivity contribution in [2.45, 2.75) is 46.4 Å². The first-order valence-electron chi connectivity index (χ1n) is 6.98. The average Bonchev–Trinajstić information content (AvgIpc) is 2.63. The standard InChI is InChI=1S/C16H20N2O3S/c1-9-7-10(2)16(11(3)8-9)22(20,21)18-13(5)15(14(6)19)12(4)17-18/h7-8H,1-6H3. The van der Waals surface area contributed by atoms with Gasteiger partial charge >= 0.3 is 0 Å². The summed E-state index contributed by atoms with van der Waals surface area (Å²) in [4.78, 5) is 11.9. The van der Waals surface area contributed by atoms with Gasteiger partial charge in [-0.1, -0.05) is 17.7 Å². The minimum atomic E-state index is -3.83. The van der Waals surface area contributed by atoms with Crippen LogP contribution < -0.4 is 0 Å². The third kappa shape index (κ3) is 2.47. The number of hydrogen-bond donors (Lipinski definition) is 0. The number of benzene rings is 1. The molecule has 0 unspecified atom stereocenters. The van der Waals surface area contributed by atoms with E-state index < -0.39 is 10.0 Å². The molecule has 0 aliphatic rings. The maximum absolute atomic E-state index is 13.0. The molecule has 2 aromatic rings. The van der Waals surface area contributed by atoms with Crippen molar-refractivity contribution in [1.29, 1.82) is 0 Å². The van der Waals surface area contributed by atoms with E-state index in [0.717, 1.165) is 9.65 Å². The summed E-state index contributed by atoms with van der Waals surface area (Å²) in [7, 11) is -3.83. The van der Waals surface area contributed by atoms with Crippen molar-refractivity contribution in [3.05, 3.63) is 45.8 Å². The van der Waals surface area contributed by atoms with Gasteiger partial charge in [0, 0.05) is 0 Å². The third-order valence-electron chi connectivity index (χ3n) is 3.69. The average molecular weight is 320 g/mol. The van der Waals surface area contributed by atoms with E-state index in [2.05, 4.69) is 5.10 Å². The summed E-state index contributed by atoms with van der Waals surface area (Å²) in [5.74, 6) is -0.186. The third-order valence-corrected chi connectivity index (χ3v) is 5.66. The fourth-order valence-corrected chi connectivity index (χ4v) is 4.81. The van der Waals surface area contributed by atoms with Crippen LogP contribution in [0.4, 0.5) is 0 Å². The molecule has 0 saturated heterocycles. The van der Waals surface area contributed by atoms with E-state index in [1.54, 1.807) is 27.7 Å². The van der Waals surface area contributed by atoms with Crippen molar-refractivity contribution >= 4 is 15.8 Å². The molecule has 118 valence electrons. The summed E-state index contributed by atoms with van der Waals surface area (Å²) in [5.41, 5.74) is 3.50. The number of rotatable bonds is 3. The zero-order valence-electron chi connectivity index (χ0n) is 13.7. The van der Waals surface area contributed by atoms with Crippen molar-refractivity contribution in [3.63, 3.8) is 0 Å². The number of ketones is 1. The first-order valence-corrected chi connectivity index (χ1v) is 8.42. The molecule has 1 aromatic heterocycles. The van der Waals surface area contributed by atoms with E-state index in [-0.39, 0.29) is 10.7 Å². The highest BCUT2D eigenvalue weighted by Crippen LogP contribution is 2.26. The Morgan fingerprint density at radius 1 is 1.05 bits per heavy atom. The normalized spacial score (nSPS) is 11.7. The van der Waals surface area contributed by atoms with Gasteiger partial charge < -0.3 is 0 Å². The predicted molar refractivity (Wildman–Crippen MR) is 84.9 cm³/mol. The predicted octanol–water partition coefficient (Wildman–Crippen LogP) is 2.86. The molecule has 0 amide bonds. The lowest BCUT2D eigenvalue weighted by molar-refractivity contribution is 0.101. The van der Waals surface area contributed by atoms with E-state index in [1.165, 1.54) is 6.92 Å². The number of nitrogens with zero attached hydrogens (tertiary/aromatic N) is 2. The van der Waals surface area contributed by atoms with Crippen LogP contribution in [-0.4, -0.2) is 23.4 Å². The first-order chi connectivity index (χ1) is 10.1. The van der Waals surface area contributed by atoms with E-state index in [4.69, 9.17) is 0 Å². The lowest BCUT2D eigenvalue weighted by Crippen LogP contribution is -2.19. The van der Waals surface area contributed by atoms with Gasteiger partial charge in [0.15, 0.2) is 5.78 Å². The first kappa shape index (κ1) is 16.4. The molecule has 0 spiro atoms. The number of carbonyl (C=O) groups is 1. The van der Waals surface area contributed by atoms with Gasteiger partial charge in [-0.25, -0.2) is 0 Å². The molecule has 0 N–H and O–H groups in total. The number of aryl methyl sites for hydroxylation is 4. The molecule has 0 radical (unpaired) electrons. The van der Waals surface area contributed by atoms with Gasteiger partial charge in [0.1, 0.15) is 0 Å². The summed E-state index contributed by atoms with van der Waals surface area (Å²) in [5, 5.41) is 4.09. The summed E-state index contributed by atoms with van der Waals surface area (Å²) >= 11 is 0. The Labute approximate surface area is 131 Å². The molecule has 5 nitrogen and oxygen atoms in total. The molecule has 6 heteroatoms. The molecular formula is C16H20N2O3S. The number of carbonyl (C=O) groups excluding carboxylic acids is 1. The quantitative estimate of drug-likeness (QED) is 0.815. The van der Waals surface area contributed by atoms with E-state index in [9.17, 15) is 13.2 Å². The van der Waals surface area contributed by atoms with Gasteiger partial charge in [-0.3, -0.25) is 4.79 Å². The summed E-state index contributed by atoms with van der Waals surface area (Å²) < 4.78 is 26.9. The Balaban J connectivity index is 2.78. The minimum Gasteiger partial charge on any atom is -0.294 e. The van der Waals surface area contributed by atoms with Gasteiger partial charge in [-0.15, -0.1) is 0 Å². The fraction of sp³-hybridized carbons (Fsp3) is 0.375. The molecular weight excluding hydrogens is 300 g/mol. The highest BCUT2D eigenvalue weighted by Gasteiger charge is 2.27. The highest BCUT2D eigenvalue weighted by molar-refractivity contribution is 7.90. The van der Waals surface area contributed by atoms with E-state index in [0.29, 0.717) is 28.1 Å². The molecule has 0 saturated carbocycles. The zero-order chi connectivity index (χ0) is 16.8. The summed E-state index contributed by atoms with van der Waals surface area (Å²) in [6.45, 7) is 10.1. The smallest absolute Gasteiger partial charge is 0.283 e. The summed E-state index contributed by atoms with van der Waals surface area (Å²) in [6, 6.07) is 3.66. The Bertz CT molecular complexity index is 854. The Morgan fingerprint density at radius 3 is 1.95 bits per heavy atom. The Kier molecular flexibility index (Phi) is 4.00. The van der Waals surface area contributed by atoms with Crippen molar-refractivity contribution < 1.29 is 13.2 Å².